The molecular formula is C15H16N2O3. The molecule has 0 saturated heterocycles. The molecule has 104 valence electrons. The van der Waals surface area contributed by atoms with Gasteiger partial charge in [0.2, 0.25) is 5.88 Å². The summed E-state index contributed by atoms with van der Waals surface area (Å²) >= 11 is 0. The van der Waals surface area contributed by atoms with Gasteiger partial charge in [0.05, 0.1) is 5.56 Å². The average molecular weight is 272 g/mol. The van der Waals surface area contributed by atoms with Crippen LogP contribution in [0.25, 0.3) is 0 Å². The minimum absolute atomic E-state index is 0.150. The normalized spacial score (nSPS) is 10.2. The van der Waals surface area contributed by atoms with Gasteiger partial charge in [0.1, 0.15) is 5.75 Å². The Labute approximate surface area is 117 Å². The molecule has 0 spiro atoms. The van der Waals surface area contributed by atoms with Crippen LogP contribution in [0.15, 0.2) is 36.5 Å². The van der Waals surface area contributed by atoms with Crippen molar-refractivity contribution in [2.24, 2.45) is 0 Å². The number of anilines is 1. The molecule has 0 aliphatic carbocycles. The number of carboxylic acids is 1. The SMILES string of the molecule is Cc1cc(C(=O)O)cnc1Oc1cccc(N(C)C)c1. The summed E-state index contributed by atoms with van der Waals surface area (Å²) in [5.41, 5.74) is 1.85. The number of pyridine rings is 1. The van der Waals surface area contributed by atoms with E-state index in [0.717, 1.165) is 5.69 Å². The maximum atomic E-state index is 10.9. The number of aromatic carboxylic acids is 1. The predicted molar refractivity (Wildman–Crippen MR) is 76.8 cm³/mol. The van der Waals surface area contributed by atoms with Gasteiger partial charge in [0.25, 0.3) is 0 Å². The monoisotopic (exact) mass is 272 g/mol. The first-order chi connectivity index (χ1) is 9.47. The third-order valence-electron chi connectivity index (χ3n) is 2.83. The number of aromatic nitrogens is 1. The van der Waals surface area contributed by atoms with Gasteiger partial charge in [-0.05, 0) is 25.1 Å². The van der Waals surface area contributed by atoms with Crippen molar-refractivity contribution in [2.45, 2.75) is 6.92 Å². The lowest BCUT2D eigenvalue weighted by atomic mass is 10.2. The molecule has 5 heteroatoms. The van der Waals surface area contributed by atoms with Crippen LogP contribution < -0.4 is 9.64 Å². The highest BCUT2D eigenvalue weighted by molar-refractivity contribution is 5.87. The first-order valence-corrected chi connectivity index (χ1v) is 6.12. The number of nitrogens with zero attached hydrogens (tertiary/aromatic N) is 2. The summed E-state index contributed by atoms with van der Waals surface area (Å²) in [5.74, 6) is 0.0718. The van der Waals surface area contributed by atoms with Gasteiger partial charge in [0.15, 0.2) is 0 Å². The Hall–Kier alpha value is -2.56. The van der Waals surface area contributed by atoms with E-state index in [1.165, 1.54) is 6.20 Å². The number of hydrogen-bond donors (Lipinski definition) is 1. The fourth-order valence-corrected chi connectivity index (χ4v) is 1.72. The zero-order valence-electron chi connectivity index (χ0n) is 11.6. The molecule has 2 rings (SSSR count). The van der Waals surface area contributed by atoms with E-state index in [0.29, 0.717) is 17.2 Å². The number of hydrogen-bond acceptors (Lipinski definition) is 4. The van der Waals surface area contributed by atoms with E-state index in [2.05, 4.69) is 4.98 Å². The quantitative estimate of drug-likeness (QED) is 0.927. The van der Waals surface area contributed by atoms with Crippen LogP contribution in [-0.2, 0) is 0 Å². The average Bonchev–Trinajstić information content (AvgIpc) is 2.41. The number of carboxylic acid groups (broad SMARTS) is 1. The van der Waals surface area contributed by atoms with Gasteiger partial charge in [-0.3, -0.25) is 0 Å². The molecular weight excluding hydrogens is 256 g/mol. The van der Waals surface area contributed by atoms with Gasteiger partial charge < -0.3 is 14.7 Å². The zero-order valence-corrected chi connectivity index (χ0v) is 11.6. The van der Waals surface area contributed by atoms with E-state index in [9.17, 15) is 4.79 Å². The van der Waals surface area contributed by atoms with Crippen LogP contribution in [0.1, 0.15) is 15.9 Å². The zero-order chi connectivity index (χ0) is 14.7. The van der Waals surface area contributed by atoms with E-state index in [4.69, 9.17) is 9.84 Å². The van der Waals surface area contributed by atoms with Crippen molar-refractivity contribution in [1.82, 2.24) is 4.98 Å². The van der Waals surface area contributed by atoms with Crippen molar-refractivity contribution in [3.05, 3.63) is 47.7 Å². The van der Waals surface area contributed by atoms with Gasteiger partial charge in [0, 0.05) is 37.6 Å². The van der Waals surface area contributed by atoms with Crippen LogP contribution in [0, 0.1) is 6.92 Å². The Balaban J connectivity index is 2.26. The Bertz CT molecular complexity index is 639. The fraction of sp³-hybridized carbons (Fsp3) is 0.200. The number of ether oxygens (including phenoxy) is 1. The third-order valence-corrected chi connectivity index (χ3v) is 2.83. The first-order valence-electron chi connectivity index (χ1n) is 6.12. The Morgan fingerprint density at radius 1 is 1.30 bits per heavy atom. The molecule has 1 N–H and O–H groups in total. The summed E-state index contributed by atoms with van der Waals surface area (Å²) in [6.45, 7) is 1.77. The van der Waals surface area contributed by atoms with Crippen molar-refractivity contribution >= 4 is 11.7 Å². The molecule has 1 aromatic carbocycles. The van der Waals surface area contributed by atoms with Crippen LogP contribution >= 0.6 is 0 Å². The number of benzene rings is 1. The standard InChI is InChI=1S/C15H16N2O3/c1-10-7-11(15(18)19)9-16-14(10)20-13-6-4-5-12(8-13)17(2)3/h4-9H,1-3H3,(H,18,19). The number of rotatable bonds is 4. The van der Waals surface area contributed by atoms with E-state index in [-0.39, 0.29) is 5.56 Å². The van der Waals surface area contributed by atoms with Crippen LogP contribution in [0.5, 0.6) is 11.6 Å². The van der Waals surface area contributed by atoms with Crippen molar-refractivity contribution in [3.8, 4) is 11.6 Å². The highest BCUT2D eigenvalue weighted by Gasteiger charge is 2.09. The number of aryl methyl sites for hydroxylation is 1. The molecule has 0 fully saturated rings. The maximum Gasteiger partial charge on any atom is 0.337 e. The predicted octanol–water partition coefficient (Wildman–Crippen LogP) is 2.95. The molecule has 0 bridgehead atoms. The molecule has 0 aliphatic heterocycles. The van der Waals surface area contributed by atoms with Crippen LogP contribution in [0.2, 0.25) is 0 Å². The molecule has 5 nitrogen and oxygen atoms in total. The molecule has 0 atom stereocenters. The highest BCUT2D eigenvalue weighted by Crippen LogP contribution is 2.26. The molecule has 1 aromatic heterocycles. The van der Waals surface area contributed by atoms with E-state index in [1.54, 1.807) is 13.0 Å². The molecule has 0 aliphatic rings. The van der Waals surface area contributed by atoms with Crippen LogP contribution in [-0.4, -0.2) is 30.2 Å². The minimum Gasteiger partial charge on any atom is -0.478 e. The summed E-state index contributed by atoms with van der Waals surface area (Å²) in [6.07, 6.45) is 1.29. The second kappa shape index (κ2) is 5.61. The number of carbonyl (C=O) groups is 1. The lowest BCUT2D eigenvalue weighted by molar-refractivity contribution is 0.0696. The highest BCUT2D eigenvalue weighted by atomic mass is 16.5. The molecule has 0 saturated carbocycles. The van der Waals surface area contributed by atoms with Gasteiger partial charge in [-0.2, -0.15) is 0 Å². The van der Waals surface area contributed by atoms with Crippen LogP contribution in [0.4, 0.5) is 5.69 Å². The lowest BCUT2D eigenvalue weighted by Crippen LogP contribution is -2.08. The Kier molecular flexibility index (Phi) is 3.89. The van der Waals surface area contributed by atoms with Crippen molar-refractivity contribution < 1.29 is 14.6 Å². The van der Waals surface area contributed by atoms with Crippen molar-refractivity contribution in [1.29, 1.82) is 0 Å². The summed E-state index contributed by atoms with van der Waals surface area (Å²) in [7, 11) is 3.90. The molecule has 2 aromatic rings. The largest absolute Gasteiger partial charge is 0.478 e. The van der Waals surface area contributed by atoms with Gasteiger partial charge in [-0.15, -0.1) is 0 Å². The minimum atomic E-state index is -0.998. The first kappa shape index (κ1) is 13.9. The summed E-state index contributed by atoms with van der Waals surface area (Å²) in [4.78, 5) is 16.9. The smallest absolute Gasteiger partial charge is 0.337 e. The van der Waals surface area contributed by atoms with E-state index >= 15 is 0 Å². The lowest BCUT2D eigenvalue weighted by Gasteiger charge is -2.14. The molecule has 20 heavy (non-hydrogen) atoms. The Morgan fingerprint density at radius 3 is 2.65 bits per heavy atom. The fourth-order valence-electron chi connectivity index (χ4n) is 1.72. The maximum absolute atomic E-state index is 10.9. The molecule has 0 unspecified atom stereocenters. The molecule has 0 radical (unpaired) electrons. The van der Waals surface area contributed by atoms with Gasteiger partial charge >= 0.3 is 5.97 Å². The topological polar surface area (TPSA) is 62.7 Å². The summed E-state index contributed by atoms with van der Waals surface area (Å²) in [6, 6.07) is 9.14. The molecule has 1 heterocycles. The van der Waals surface area contributed by atoms with Gasteiger partial charge in [-0.25, -0.2) is 9.78 Å². The van der Waals surface area contributed by atoms with Crippen molar-refractivity contribution in [2.75, 3.05) is 19.0 Å². The van der Waals surface area contributed by atoms with Crippen LogP contribution in [0.3, 0.4) is 0 Å². The van der Waals surface area contributed by atoms with Crippen molar-refractivity contribution in [3.63, 3.8) is 0 Å². The second-order valence-electron chi connectivity index (χ2n) is 4.65. The second-order valence-corrected chi connectivity index (χ2v) is 4.65. The van der Waals surface area contributed by atoms with Gasteiger partial charge in [-0.1, -0.05) is 6.07 Å². The summed E-state index contributed by atoms with van der Waals surface area (Å²) < 4.78 is 5.70. The third kappa shape index (κ3) is 3.06. The summed E-state index contributed by atoms with van der Waals surface area (Å²) in [5, 5.41) is 8.90. The molecule has 0 amide bonds. The van der Waals surface area contributed by atoms with E-state index < -0.39 is 5.97 Å². The van der Waals surface area contributed by atoms with E-state index in [1.807, 2.05) is 43.3 Å². The Morgan fingerprint density at radius 2 is 2.05 bits per heavy atom.